The second-order valence-corrected chi connectivity index (χ2v) is 2.61. The van der Waals surface area contributed by atoms with Gasteiger partial charge in [-0.25, -0.2) is 0 Å². The van der Waals surface area contributed by atoms with Crippen LogP contribution in [-0.2, 0) is 6.42 Å². The van der Waals surface area contributed by atoms with Gasteiger partial charge in [0.05, 0.1) is 0 Å². The largest absolute Gasteiger partial charge is 0.408 e. The smallest absolute Gasteiger partial charge is 0.150 e. The van der Waals surface area contributed by atoms with E-state index in [-0.39, 0.29) is 0 Å². The first-order valence-corrected chi connectivity index (χ1v) is 3.64. The van der Waals surface area contributed by atoms with Gasteiger partial charge >= 0.3 is 0 Å². The molecule has 1 aliphatic rings. The summed E-state index contributed by atoms with van der Waals surface area (Å²) in [5.74, 6) is 0.894. The van der Waals surface area contributed by atoms with Gasteiger partial charge in [0.1, 0.15) is 0 Å². The minimum absolute atomic E-state index is 0.800. The van der Waals surface area contributed by atoms with Crippen molar-refractivity contribution in [1.82, 2.24) is 5.48 Å². The predicted octanol–water partition coefficient (Wildman–Crippen LogP) is 0.708. The number of rotatable bonds is 0. The summed E-state index contributed by atoms with van der Waals surface area (Å²) in [5.41, 5.74) is 10.4. The first-order valence-electron chi connectivity index (χ1n) is 3.64. The quantitative estimate of drug-likeness (QED) is 0.535. The lowest BCUT2D eigenvalue weighted by Gasteiger charge is -2.17. The average Bonchev–Trinajstić information content (AvgIpc) is 2.04. The van der Waals surface area contributed by atoms with E-state index in [1.807, 2.05) is 18.2 Å². The van der Waals surface area contributed by atoms with Crippen LogP contribution in [-0.4, -0.2) is 6.54 Å². The number of nitrogens with two attached hydrogens (primary N) is 1. The molecule has 0 amide bonds. The fourth-order valence-electron chi connectivity index (χ4n) is 1.21. The minimum atomic E-state index is 0.800. The van der Waals surface area contributed by atoms with E-state index < -0.39 is 0 Å². The van der Waals surface area contributed by atoms with Gasteiger partial charge in [0.25, 0.3) is 0 Å². The Morgan fingerprint density at radius 3 is 3.27 bits per heavy atom. The van der Waals surface area contributed by atoms with E-state index in [1.165, 1.54) is 5.56 Å². The molecule has 1 heterocycles. The van der Waals surface area contributed by atoms with Crippen molar-refractivity contribution in [3.63, 3.8) is 0 Å². The molecule has 0 saturated heterocycles. The van der Waals surface area contributed by atoms with Crippen molar-refractivity contribution in [2.45, 2.75) is 6.42 Å². The van der Waals surface area contributed by atoms with E-state index in [0.717, 1.165) is 24.4 Å². The zero-order valence-electron chi connectivity index (χ0n) is 6.13. The number of hydrogen-bond acceptors (Lipinski definition) is 3. The van der Waals surface area contributed by atoms with Gasteiger partial charge < -0.3 is 10.6 Å². The number of hydroxylamine groups is 1. The van der Waals surface area contributed by atoms with E-state index in [0.29, 0.717) is 0 Å². The molecule has 0 aliphatic carbocycles. The Hall–Kier alpha value is -1.22. The normalized spacial score (nSPS) is 15.3. The van der Waals surface area contributed by atoms with Gasteiger partial charge in [-0.1, -0.05) is 0 Å². The van der Waals surface area contributed by atoms with Gasteiger partial charge in [0.15, 0.2) is 5.75 Å². The maximum absolute atomic E-state index is 5.61. The standard InChI is InChI=1S/C8H10N2O/c9-7-1-2-8-6(5-7)3-4-10-11-8/h1-2,5,10H,3-4,9H2. The highest BCUT2D eigenvalue weighted by Crippen LogP contribution is 2.22. The molecule has 0 fully saturated rings. The molecule has 2 rings (SSSR count). The Kier molecular flexibility index (Phi) is 1.43. The van der Waals surface area contributed by atoms with Crippen molar-refractivity contribution in [2.24, 2.45) is 0 Å². The molecule has 0 radical (unpaired) electrons. The summed E-state index contributed by atoms with van der Waals surface area (Å²) >= 11 is 0. The van der Waals surface area contributed by atoms with E-state index in [1.54, 1.807) is 0 Å². The van der Waals surface area contributed by atoms with Crippen molar-refractivity contribution in [1.29, 1.82) is 0 Å². The highest BCUT2D eigenvalue weighted by atomic mass is 16.6. The lowest BCUT2D eigenvalue weighted by Crippen LogP contribution is -2.26. The van der Waals surface area contributed by atoms with E-state index >= 15 is 0 Å². The third-order valence-corrected chi connectivity index (χ3v) is 1.76. The van der Waals surface area contributed by atoms with Crippen LogP contribution in [0, 0.1) is 0 Å². The van der Waals surface area contributed by atoms with Crippen LogP contribution in [0.5, 0.6) is 5.75 Å². The van der Waals surface area contributed by atoms with Crippen LogP contribution >= 0.6 is 0 Å². The Labute approximate surface area is 65.1 Å². The molecule has 0 bridgehead atoms. The molecule has 0 atom stereocenters. The second-order valence-electron chi connectivity index (χ2n) is 2.61. The van der Waals surface area contributed by atoms with Crippen LogP contribution in [0.4, 0.5) is 5.69 Å². The SMILES string of the molecule is Nc1ccc2c(c1)CCNO2. The third-order valence-electron chi connectivity index (χ3n) is 1.76. The highest BCUT2D eigenvalue weighted by molar-refractivity contribution is 5.48. The molecular formula is C8H10N2O. The summed E-state index contributed by atoms with van der Waals surface area (Å²) in [5, 5.41) is 0. The molecule has 11 heavy (non-hydrogen) atoms. The topological polar surface area (TPSA) is 47.3 Å². The fraction of sp³-hybridized carbons (Fsp3) is 0.250. The van der Waals surface area contributed by atoms with Crippen molar-refractivity contribution in [3.8, 4) is 5.75 Å². The lowest BCUT2D eigenvalue weighted by molar-refractivity contribution is 0.180. The predicted molar refractivity (Wildman–Crippen MR) is 43.2 cm³/mol. The summed E-state index contributed by atoms with van der Waals surface area (Å²) in [6.45, 7) is 0.858. The first-order chi connectivity index (χ1) is 5.36. The maximum Gasteiger partial charge on any atom is 0.150 e. The molecule has 1 aromatic carbocycles. The van der Waals surface area contributed by atoms with Crippen LogP contribution in [0.2, 0.25) is 0 Å². The van der Waals surface area contributed by atoms with Gasteiger partial charge in [-0.2, -0.15) is 5.48 Å². The molecule has 0 saturated carbocycles. The summed E-state index contributed by atoms with van der Waals surface area (Å²) in [7, 11) is 0. The molecule has 0 aromatic heterocycles. The van der Waals surface area contributed by atoms with Crippen LogP contribution in [0.1, 0.15) is 5.56 Å². The number of hydrogen-bond donors (Lipinski definition) is 2. The molecule has 0 unspecified atom stereocenters. The van der Waals surface area contributed by atoms with Gasteiger partial charge in [0, 0.05) is 17.8 Å². The lowest BCUT2D eigenvalue weighted by atomic mass is 10.1. The summed E-state index contributed by atoms with van der Waals surface area (Å²) in [4.78, 5) is 5.17. The number of nitrogens with one attached hydrogen (secondary N) is 1. The second kappa shape index (κ2) is 2.43. The third kappa shape index (κ3) is 1.14. The zero-order valence-corrected chi connectivity index (χ0v) is 6.13. The molecule has 1 aliphatic heterocycles. The highest BCUT2D eigenvalue weighted by Gasteiger charge is 2.08. The summed E-state index contributed by atoms with van der Waals surface area (Å²) in [6.07, 6.45) is 0.986. The van der Waals surface area contributed by atoms with Gasteiger partial charge in [-0.3, -0.25) is 0 Å². The Bertz CT molecular complexity index is 273. The number of benzene rings is 1. The molecule has 3 N–H and O–H groups in total. The van der Waals surface area contributed by atoms with E-state index in [2.05, 4.69) is 5.48 Å². The van der Waals surface area contributed by atoms with E-state index in [4.69, 9.17) is 10.6 Å². The fourth-order valence-corrected chi connectivity index (χ4v) is 1.21. The molecular weight excluding hydrogens is 140 g/mol. The molecule has 1 aromatic rings. The Balaban J connectivity index is 2.43. The number of anilines is 1. The van der Waals surface area contributed by atoms with Crippen molar-refractivity contribution in [2.75, 3.05) is 12.3 Å². The van der Waals surface area contributed by atoms with Gasteiger partial charge in [0.2, 0.25) is 0 Å². The van der Waals surface area contributed by atoms with Crippen LogP contribution in [0.25, 0.3) is 0 Å². The number of fused-ring (bicyclic) bond motifs is 1. The molecule has 58 valence electrons. The minimum Gasteiger partial charge on any atom is -0.408 e. The van der Waals surface area contributed by atoms with Gasteiger partial charge in [-0.05, 0) is 24.6 Å². The zero-order chi connectivity index (χ0) is 7.68. The van der Waals surface area contributed by atoms with Gasteiger partial charge in [-0.15, -0.1) is 0 Å². The van der Waals surface area contributed by atoms with E-state index in [9.17, 15) is 0 Å². The van der Waals surface area contributed by atoms with Crippen molar-refractivity contribution in [3.05, 3.63) is 23.8 Å². The maximum atomic E-state index is 5.61. The molecule has 0 spiro atoms. The summed E-state index contributed by atoms with van der Waals surface area (Å²) in [6, 6.07) is 5.68. The van der Waals surface area contributed by atoms with Crippen LogP contribution < -0.4 is 16.1 Å². The molecule has 3 heteroatoms. The molecule has 3 nitrogen and oxygen atoms in total. The Morgan fingerprint density at radius 1 is 1.45 bits per heavy atom. The van der Waals surface area contributed by atoms with Crippen LogP contribution in [0.3, 0.4) is 0 Å². The van der Waals surface area contributed by atoms with Crippen LogP contribution in [0.15, 0.2) is 18.2 Å². The number of nitrogen functional groups attached to an aromatic ring is 1. The monoisotopic (exact) mass is 150 g/mol. The Morgan fingerprint density at radius 2 is 2.36 bits per heavy atom. The first kappa shape index (κ1) is 6.49. The summed E-state index contributed by atoms with van der Waals surface area (Å²) < 4.78 is 0. The van der Waals surface area contributed by atoms with Crippen molar-refractivity contribution >= 4 is 5.69 Å². The average molecular weight is 150 g/mol. The van der Waals surface area contributed by atoms with Crippen molar-refractivity contribution < 1.29 is 4.84 Å².